The molecule has 1 rings (SSSR count). The third-order valence-electron chi connectivity index (χ3n) is 2.52. The highest BCUT2D eigenvalue weighted by atomic mass is 32.2. The topological polar surface area (TPSA) is 43.4 Å². The second kappa shape index (κ2) is 4.81. The molecule has 1 atom stereocenters. The molecule has 1 aliphatic carbocycles. The number of rotatable bonds is 3. The maximum absolute atomic E-state index is 10.9. The van der Waals surface area contributed by atoms with Crippen molar-refractivity contribution in [1.29, 1.82) is 0 Å². The van der Waals surface area contributed by atoms with Crippen LogP contribution in [0.5, 0.6) is 0 Å². The summed E-state index contributed by atoms with van der Waals surface area (Å²) in [5.74, 6) is 2.64. The molecule has 1 unspecified atom stereocenters. The van der Waals surface area contributed by atoms with E-state index in [4.69, 9.17) is 10.6 Å². The predicted octanol–water partition coefficient (Wildman–Crippen LogP) is 1.54. The maximum atomic E-state index is 10.9. The van der Waals surface area contributed by atoms with Crippen LogP contribution in [0.1, 0.15) is 32.1 Å². The maximum Gasteiger partial charge on any atom is 0.265 e. The summed E-state index contributed by atoms with van der Waals surface area (Å²) in [5, 5.41) is 0. The van der Waals surface area contributed by atoms with Crippen molar-refractivity contribution in [2.75, 3.05) is 6.26 Å². The second-order valence-corrected chi connectivity index (χ2v) is 5.39. The Labute approximate surface area is 86.0 Å². The molecular weight excluding hydrogens is 200 g/mol. The van der Waals surface area contributed by atoms with E-state index in [-0.39, 0.29) is 5.92 Å². The molecule has 0 amide bonds. The predicted molar refractivity (Wildman–Crippen MR) is 55.1 cm³/mol. The fraction of sp³-hybridized carbons (Fsp3) is 0.800. The van der Waals surface area contributed by atoms with Gasteiger partial charge in [-0.3, -0.25) is 4.18 Å². The zero-order valence-electron chi connectivity index (χ0n) is 8.40. The largest absolute Gasteiger partial charge is 0.265 e. The van der Waals surface area contributed by atoms with E-state index in [1.165, 1.54) is 6.42 Å². The molecule has 1 aliphatic rings. The van der Waals surface area contributed by atoms with Crippen molar-refractivity contribution < 1.29 is 12.6 Å². The van der Waals surface area contributed by atoms with Crippen LogP contribution >= 0.6 is 0 Å². The van der Waals surface area contributed by atoms with E-state index in [1.807, 2.05) is 0 Å². The molecule has 0 spiro atoms. The molecule has 0 aliphatic heterocycles. The van der Waals surface area contributed by atoms with Crippen LogP contribution in [0.2, 0.25) is 0 Å². The Bertz CT molecular complexity index is 307. The smallest absolute Gasteiger partial charge is 0.254 e. The third kappa shape index (κ3) is 3.69. The van der Waals surface area contributed by atoms with Gasteiger partial charge in [0.2, 0.25) is 0 Å². The van der Waals surface area contributed by atoms with Gasteiger partial charge in [-0.1, -0.05) is 25.2 Å². The lowest BCUT2D eigenvalue weighted by Gasteiger charge is -2.25. The molecular formula is C10H16O3S. The average Bonchev–Trinajstić information content (AvgIpc) is 2.14. The Morgan fingerprint density at radius 1 is 1.36 bits per heavy atom. The molecule has 0 heterocycles. The summed E-state index contributed by atoms with van der Waals surface area (Å²) in [6.07, 6.45) is 11.2. The molecule has 0 aromatic heterocycles. The van der Waals surface area contributed by atoms with E-state index >= 15 is 0 Å². The van der Waals surface area contributed by atoms with Gasteiger partial charge in [0, 0.05) is 0 Å². The minimum Gasteiger partial charge on any atom is -0.254 e. The molecule has 80 valence electrons. The van der Waals surface area contributed by atoms with Gasteiger partial charge in [0.05, 0.1) is 6.26 Å². The normalized spacial score (nSPS) is 21.4. The zero-order valence-corrected chi connectivity index (χ0v) is 9.22. The molecule has 1 saturated carbocycles. The summed E-state index contributed by atoms with van der Waals surface area (Å²) in [6.45, 7) is 0. The minimum atomic E-state index is -3.43. The first-order chi connectivity index (χ1) is 6.53. The summed E-state index contributed by atoms with van der Waals surface area (Å²) < 4.78 is 26.7. The second-order valence-electron chi connectivity index (χ2n) is 3.79. The van der Waals surface area contributed by atoms with Crippen LogP contribution in [-0.2, 0) is 14.3 Å². The Balaban J connectivity index is 2.58. The molecule has 4 heteroatoms. The highest BCUT2D eigenvalue weighted by molar-refractivity contribution is 7.86. The van der Waals surface area contributed by atoms with E-state index in [1.54, 1.807) is 0 Å². The van der Waals surface area contributed by atoms with E-state index < -0.39 is 16.2 Å². The van der Waals surface area contributed by atoms with Gasteiger partial charge in [0.15, 0.2) is 0 Å². The van der Waals surface area contributed by atoms with Crippen LogP contribution < -0.4 is 0 Å². The molecule has 0 saturated heterocycles. The first-order valence-corrected chi connectivity index (χ1v) is 6.69. The van der Waals surface area contributed by atoms with E-state index in [2.05, 4.69) is 5.92 Å². The Kier molecular flexibility index (Phi) is 3.97. The summed E-state index contributed by atoms with van der Waals surface area (Å²) >= 11 is 0. The number of hydrogen-bond donors (Lipinski definition) is 0. The lowest BCUT2D eigenvalue weighted by molar-refractivity contribution is 0.162. The highest BCUT2D eigenvalue weighted by Gasteiger charge is 2.25. The number of hydrogen-bond acceptors (Lipinski definition) is 3. The highest BCUT2D eigenvalue weighted by Crippen LogP contribution is 2.28. The van der Waals surface area contributed by atoms with Crippen LogP contribution in [0.4, 0.5) is 0 Å². The average molecular weight is 216 g/mol. The SMILES string of the molecule is C#CC(OS(C)(=O)=O)C1CCCCC1. The molecule has 0 aromatic carbocycles. The summed E-state index contributed by atoms with van der Waals surface area (Å²) in [5.41, 5.74) is 0. The minimum absolute atomic E-state index is 0.212. The van der Waals surface area contributed by atoms with E-state index in [0.717, 1.165) is 31.9 Å². The fourth-order valence-corrected chi connectivity index (χ4v) is 2.46. The van der Waals surface area contributed by atoms with E-state index in [9.17, 15) is 8.42 Å². The number of terminal acetylenes is 1. The van der Waals surface area contributed by atoms with Gasteiger partial charge in [-0.25, -0.2) is 0 Å². The molecule has 14 heavy (non-hydrogen) atoms. The van der Waals surface area contributed by atoms with Crippen LogP contribution in [0, 0.1) is 18.3 Å². The fourth-order valence-electron chi connectivity index (χ4n) is 1.87. The third-order valence-corrected chi connectivity index (χ3v) is 3.08. The van der Waals surface area contributed by atoms with Crippen molar-refractivity contribution in [3.05, 3.63) is 0 Å². The van der Waals surface area contributed by atoms with Crippen molar-refractivity contribution in [3.63, 3.8) is 0 Å². The Morgan fingerprint density at radius 2 is 1.93 bits per heavy atom. The lowest BCUT2D eigenvalue weighted by Crippen LogP contribution is -2.26. The molecule has 0 radical (unpaired) electrons. The van der Waals surface area contributed by atoms with Crippen molar-refractivity contribution in [2.24, 2.45) is 5.92 Å². The standard InChI is InChI=1S/C10H16O3S/c1-3-10(13-14(2,11)12)9-7-5-4-6-8-9/h1,9-10H,4-8H2,2H3. The monoisotopic (exact) mass is 216 g/mol. The zero-order chi connectivity index (χ0) is 10.6. The van der Waals surface area contributed by atoms with Crippen LogP contribution in [0.3, 0.4) is 0 Å². The van der Waals surface area contributed by atoms with Gasteiger partial charge in [0.25, 0.3) is 10.1 Å². The van der Waals surface area contributed by atoms with Crippen molar-refractivity contribution in [1.82, 2.24) is 0 Å². The quantitative estimate of drug-likeness (QED) is 0.531. The van der Waals surface area contributed by atoms with Gasteiger partial charge in [-0.2, -0.15) is 8.42 Å². The van der Waals surface area contributed by atoms with Gasteiger partial charge in [-0.15, -0.1) is 6.42 Å². The first kappa shape index (κ1) is 11.5. The van der Waals surface area contributed by atoms with Crippen LogP contribution in [-0.4, -0.2) is 20.8 Å². The van der Waals surface area contributed by atoms with Crippen LogP contribution in [0.25, 0.3) is 0 Å². The van der Waals surface area contributed by atoms with Gasteiger partial charge < -0.3 is 0 Å². The van der Waals surface area contributed by atoms with Crippen molar-refractivity contribution in [3.8, 4) is 12.3 Å². The summed E-state index contributed by atoms with van der Waals surface area (Å²) in [4.78, 5) is 0. The molecule has 3 nitrogen and oxygen atoms in total. The lowest BCUT2D eigenvalue weighted by atomic mass is 9.85. The summed E-state index contributed by atoms with van der Waals surface area (Å²) in [7, 11) is -3.43. The van der Waals surface area contributed by atoms with Gasteiger partial charge >= 0.3 is 0 Å². The van der Waals surface area contributed by atoms with Crippen LogP contribution in [0.15, 0.2) is 0 Å². The molecule has 0 N–H and O–H groups in total. The summed E-state index contributed by atoms with van der Waals surface area (Å²) in [6, 6.07) is 0. The first-order valence-electron chi connectivity index (χ1n) is 4.87. The Morgan fingerprint density at radius 3 is 2.36 bits per heavy atom. The Hall–Kier alpha value is -0.530. The molecule has 1 fully saturated rings. The van der Waals surface area contributed by atoms with Crippen molar-refractivity contribution >= 4 is 10.1 Å². The molecule has 0 bridgehead atoms. The van der Waals surface area contributed by atoms with Gasteiger partial charge in [-0.05, 0) is 18.8 Å². The van der Waals surface area contributed by atoms with Crippen molar-refractivity contribution in [2.45, 2.75) is 38.2 Å². The molecule has 0 aromatic rings. The van der Waals surface area contributed by atoms with Gasteiger partial charge in [0.1, 0.15) is 6.10 Å². The van der Waals surface area contributed by atoms with E-state index in [0.29, 0.717) is 0 Å².